The average molecular weight is 393 g/mol. The number of aromatic nitrogens is 3. The minimum atomic E-state index is 0.232. The third-order valence-electron chi connectivity index (χ3n) is 6.43. The van der Waals surface area contributed by atoms with Crippen molar-refractivity contribution >= 4 is 49.1 Å². The lowest BCUT2D eigenvalue weighted by molar-refractivity contribution is -0.646. The molecular formula is C27H26N3+. The van der Waals surface area contributed by atoms with E-state index in [2.05, 4.69) is 92.2 Å². The Labute approximate surface area is 175 Å². The van der Waals surface area contributed by atoms with Crippen LogP contribution in [0.4, 0.5) is 0 Å². The van der Waals surface area contributed by atoms with Crippen LogP contribution < -0.4 is 4.57 Å². The number of pyridine rings is 1. The van der Waals surface area contributed by atoms with Crippen molar-refractivity contribution in [3.8, 4) is 0 Å². The van der Waals surface area contributed by atoms with Gasteiger partial charge in [0.1, 0.15) is 5.52 Å². The highest BCUT2D eigenvalue weighted by Gasteiger charge is 2.25. The van der Waals surface area contributed by atoms with Gasteiger partial charge in [0.05, 0.1) is 29.0 Å². The van der Waals surface area contributed by atoms with Crippen LogP contribution in [0.25, 0.3) is 49.1 Å². The summed E-state index contributed by atoms with van der Waals surface area (Å²) in [7, 11) is 2.11. The predicted molar refractivity (Wildman–Crippen MR) is 125 cm³/mol. The van der Waals surface area contributed by atoms with Gasteiger partial charge >= 0.3 is 0 Å². The summed E-state index contributed by atoms with van der Waals surface area (Å²) in [5, 5.41) is 5.32. The smallest absolute Gasteiger partial charge is 0.287 e. The molecule has 0 saturated carbocycles. The van der Waals surface area contributed by atoms with Gasteiger partial charge in [0, 0.05) is 16.2 Å². The van der Waals surface area contributed by atoms with Gasteiger partial charge in [0.25, 0.3) is 6.33 Å². The van der Waals surface area contributed by atoms with E-state index in [9.17, 15) is 0 Å². The van der Waals surface area contributed by atoms with E-state index >= 15 is 0 Å². The van der Waals surface area contributed by atoms with Gasteiger partial charge in [-0.25, -0.2) is 4.57 Å². The van der Waals surface area contributed by atoms with E-state index in [1.165, 1.54) is 54.7 Å². The number of rotatable bonds is 1. The Morgan fingerprint density at radius 1 is 0.900 bits per heavy atom. The summed E-state index contributed by atoms with van der Waals surface area (Å²) < 4.78 is 4.67. The molecule has 3 heteroatoms. The van der Waals surface area contributed by atoms with Gasteiger partial charge in [-0.2, -0.15) is 0 Å². The topological polar surface area (TPSA) is 21.2 Å². The van der Waals surface area contributed by atoms with Crippen LogP contribution >= 0.6 is 0 Å². The van der Waals surface area contributed by atoms with Crippen LogP contribution in [0.5, 0.6) is 0 Å². The summed E-state index contributed by atoms with van der Waals surface area (Å²) >= 11 is 0. The molecule has 0 saturated heterocycles. The quantitative estimate of drug-likeness (QED) is 0.188. The summed E-state index contributed by atoms with van der Waals surface area (Å²) in [5.74, 6) is 0. The maximum atomic E-state index is 4.73. The van der Waals surface area contributed by atoms with Crippen molar-refractivity contribution in [2.75, 3.05) is 0 Å². The molecule has 0 amide bonds. The molecule has 0 aliphatic heterocycles. The SMILES string of the molecule is Cc1ccc2c3c(CC(C)(C)C)cccc3n3c4cccc5nc[n+](C)c(c1c23)c54. The molecule has 148 valence electrons. The molecule has 6 aromatic rings. The van der Waals surface area contributed by atoms with Crippen LogP contribution in [0, 0.1) is 12.3 Å². The highest BCUT2D eigenvalue weighted by atomic mass is 15.0. The second kappa shape index (κ2) is 5.69. The molecule has 0 fully saturated rings. The Morgan fingerprint density at radius 3 is 2.40 bits per heavy atom. The summed E-state index contributed by atoms with van der Waals surface area (Å²) in [5.41, 5.74) is 9.14. The summed E-state index contributed by atoms with van der Waals surface area (Å²) in [6.45, 7) is 9.19. The van der Waals surface area contributed by atoms with Crippen molar-refractivity contribution in [1.82, 2.24) is 9.38 Å². The lowest BCUT2D eigenvalue weighted by Gasteiger charge is -2.19. The lowest BCUT2D eigenvalue weighted by Crippen LogP contribution is -2.30. The van der Waals surface area contributed by atoms with Gasteiger partial charge in [0.2, 0.25) is 0 Å². The molecule has 0 spiro atoms. The number of hydrogen-bond donors (Lipinski definition) is 0. The third kappa shape index (κ3) is 2.21. The molecule has 0 unspecified atom stereocenters. The van der Waals surface area contributed by atoms with Crippen LogP contribution in [0.15, 0.2) is 54.9 Å². The van der Waals surface area contributed by atoms with Gasteiger partial charge in [-0.15, -0.1) is 0 Å². The third-order valence-corrected chi connectivity index (χ3v) is 6.43. The molecule has 0 N–H and O–H groups in total. The highest BCUT2D eigenvalue weighted by molar-refractivity contribution is 6.25. The van der Waals surface area contributed by atoms with Crippen LogP contribution in [0.3, 0.4) is 0 Å². The molecule has 3 heterocycles. The lowest BCUT2D eigenvalue weighted by atomic mass is 9.86. The van der Waals surface area contributed by atoms with Gasteiger partial charge < -0.3 is 4.40 Å². The Hall–Kier alpha value is -3.20. The molecule has 30 heavy (non-hydrogen) atoms. The van der Waals surface area contributed by atoms with Crippen molar-refractivity contribution in [3.63, 3.8) is 0 Å². The van der Waals surface area contributed by atoms with E-state index < -0.39 is 0 Å². The first-order valence-electron chi connectivity index (χ1n) is 10.7. The number of nitrogens with zero attached hydrogens (tertiary/aromatic N) is 3. The molecule has 0 radical (unpaired) electrons. The summed E-state index contributed by atoms with van der Waals surface area (Å²) in [4.78, 5) is 4.73. The zero-order chi connectivity index (χ0) is 20.8. The Morgan fingerprint density at radius 2 is 1.63 bits per heavy atom. The van der Waals surface area contributed by atoms with Gasteiger partial charge in [-0.1, -0.05) is 51.1 Å². The van der Waals surface area contributed by atoms with E-state index in [1.54, 1.807) is 0 Å². The highest BCUT2D eigenvalue weighted by Crippen LogP contribution is 2.41. The molecule has 0 aliphatic rings. The number of hydrogen-bond acceptors (Lipinski definition) is 1. The van der Waals surface area contributed by atoms with Crippen molar-refractivity contribution in [2.24, 2.45) is 12.5 Å². The zero-order valence-corrected chi connectivity index (χ0v) is 18.2. The number of fused-ring (bicyclic) bond motifs is 5. The monoisotopic (exact) mass is 392 g/mol. The van der Waals surface area contributed by atoms with E-state index in [4.69, 9.17) is 4.98 Å². The van der Waals surface area contributed by atoms with Crippen molar-refractivity contribution in [1.29, 1.82) is 0 Å². The predicted octanol–water partition coefficient (Wildman–Crippen LogP) is 6.11. The Kier molecular flexibility index (Phi) is 3.35. The van der Waals surface area contributed by atoms with Gasteiger partial charge in [0.15, 0.2) is 5.52 Å². The Bertz CT molecular complexity index is 1610. The van der Waals surface area contributed by atoms with Gasteiger partial charge in [-0.05, 0) is 53.1 Å². The second-order valence-electron chi connectivity index (χ2n) is 9.91. The van der Waals surface area contributed by atoms with Crippen LogP contribution in [-0.2, 0) is 13.5 Å². The average Bonchev–Trinajstić information content (AvgIpc) is 3.03. The minimum absolute atomic E-state index is 0.232. The van der Waals surface area contributed by atoms with Crippen LogP contribution in [0.1, 0.15) is 31.9 Å². The molecule has 0 aliphatic carbocycles. The summed E-state index contributed by atoms with van der Waals surface area (Å²) in [6, 6.07) is 17.9. The van der Waals surface area contributed by atoms with Crippen molar-refractivity contribution < 1.29 is 4.57 Å². The van der Waals surface area contributed by atoms with E-state index in [-0.39, 0.29) is 5.41 Å². The standard InChI is InChI=1S/C27H26N3/c1-16-12-13-18-23-17(14-27(2,3)4)8-6-10-20(23)30-21-11-7-9-19-24(21)26(22(16)25(18)30)29(5)15-28-19/h6-13,15H,14H2,1-5H3/q+1. The normalized spacial score (nSPS) is 13.0. The molecule has 3 aromatic carbocycles. The molecule has 6 rings (SSSR count). The first-order chi connectivity index (χ1) is 14.3. The van der Waals surface area contributed by atoms with Crippen molar-refractivity contribution in [2.45, 2.75) is 34.1 Å². The van der Waals surface area contributed by atoms with E-state index in [0.29, 0.717) is 0 Å². The fourth-order valence-corrected chi connectivity index (χ4v) is 5.35. The van der Waals surface area contributed by atoms with E-state index in [1.807, 2.05) is 6.33 Å². The maximum absolute atomic E-state index is 4.73. The largest absolute Gasteiger partial charge is 0.308 e. The molecule has 0 bridgehead atoms. The van der Waals surface area contributed by atoms with Crippen molar-refractivity contribution in [3.05, 3.63) is 66.0 Å². The fourth-order valence-electron chi connectivity index (χ4n) is 5.35. The van der Waals surface area contributed by atoms with Crippen LogP contribution in [-0.4, -0.2) is 9.38 Å². The number of aryl methyl sites for hydroxylation is 2. The van der Waals surface area contributed by atoms with Gasteiger partial charge in [-0.3, -0.25) is 0 Å². The van der Waals surface area contributed by atoms with Crippen LogP contribution in [0.2, 0.25) is 0 Å². The molecular weight excluding hydrogens is 366 g/mol. The summed E-state index contributed by atoms with van der Waals surface area (Å²) in [6.07, 6.45) is 3.00. The molecule has 3 nitrogen and oxygen atoms in total. The second-order valence-corrected chi connectivity index (χ2v) is 9.91. The molecule has 0 atom stereocenters. The Balaban J connectivity index is 1.99. The zero-order valence-electron chi connectivity index (χ0n) is 18.2. The molecule has 3 aromatic heterocycles. The number of benzene rings is 3. The first kappa shape index (κ1) is 17.6. The minimum Gasteiger partial charge on any atom is -0.308 e. The van der Waals surface area contributed by atoms with E-state index in [0.717, 1.165) is 11.9 Å². The maximum Gasteiger partial charge on any atom is 0.287 e. The fraction of sp³-hybridized carbons (Fsp3) is 0.259. The first-order valence-corrected chi connectivity index (χ1v) is 10.7.